The van der Waals surface area contributed by atoms with E-state index in [4.69, 9.17) is 5.21 Å². The SMILES string of the molecule is Cc1nn(C)c(C)c1C[C@H]1C[C@@H](F)CN1Cc1ccc(/C=C/C(=O)NO)cn1. The van der Waals surface area contributed by atoms with E-state index >= 15 is 0 Å². The lowest BCUT2D eigenvalue weighted by molar-refractivity contribution is -0.124. The maximum Gasteiger partial charge on any atom is 0.267 e. The molecule has 0 aliphatic carbocycles. The molecule has 1 amide bonds. The Morgan fingerprint density at radius 1 is 1.43 bits per heavy atom. The van der Waals surface area contributed by atoms with Gasteiger partial charge in [0.1, 0.15) is 6.17 Å². The Bertz CT molecular complexity index is 862. The molecule has 0 bridgehead atoms. The van der Waals surface area contributed by atoms with Crippen molar-refractivity contribution in [3.63, 3.8) is 0 Å². The molecule has 1 aliphatic heterocycles. The number of aryl methyl sites for hydroxylation is 2. The molecule has 0 unspecified atom stereocenters. The fourth-order valence-electron chi connectivity index (χ4n) is 3.72. The van der Waals surface area contributed by atoms with Crippen LogP contribution in [0.15, 0.2) is 24.4 Å². The maximum absolute atomic E-state index is 14.2. The number of likely N-dealkylation sites (tertiary alicyclic amines) is 1. The molecule has 1 fully saturated rings. The van der Waals surface area contributed by atoms with Crippen molar-refractivity contribution in [2.24, 2.45) is 7.05 Å². The van der Waals surface area contributed by atoms with Crippen LogP contribution < -0.4 is 5.48 Å². The molecule has 0 spiro atoms. The van der Waals surface area contributed by atoms with Crippen LogP contribution in [0.1, 0.15) is 34.6 Å². The molecule has 2 aromatic heterocycles. The van der Waals surface area contributed by atoms with E-state index in [2.05, 4.69) is 15.0 Å². The zero-order chi connectivity index (χ0) is 20.3. The Labute approximate surface area is 163 Å². The Morgan fingerprint density at radius 2 is 2.21 bits per heavy atom. The summed E-state index contributed by atoms with van der Waals surface area (Å²) in [6.45, 7) is 5.03. The third-order valence-corrected chi connectivity index (χ3v) is 5.33. The minimum Gasteiger partial charge on any atom is -0.291 e. The van der Waals surface area contributed by atoms with Gasteiger partial charge in [0.25, 0.3) is 5.91 Å². The Balaban J connectivity index is 1.68. The second-order valence-corrected chi connectivity index (χ2v) is 7.29. The van der Waals surface area contributed by atoms with Crippen LogP contribution >= 0.6 is 0 Å². The number of hydroxylamine groups is 1. The summed E-state index contributed by atoms with van der Waals surface area (Å²) in [5.74, 6) is -0.598. The first-order chi connectivity index (χ1) is 13.4. The van der Waals surface area contributed by atoms with Crippen LogP contribution in [-0.4, -0.2) is 49.5 Å². The van der Waals surface area contributed by atoms with Gasteiger partial charge in [0.2, 0.25) is 0 Å². The van der Waals surface area contributed by atoms with Crippen LogP contribution in [0.25, 0.3) is 6.08 Å². The summed E-state index contributed by atoms with van der Waals surface area (Å²) in [4.78, 5) is 17.6. The van der Waals surface area contributed by atoms with Crippen molar-refractivity contribution in [2.75, 3.05) is 6.54 Å². The molecule has 2 N–H and O–H groups in total. The first kappa shape index (κ1) is 20.2. The third-order valence-electron chi connectivity index (χ3n) is 5.33. The second kappa shape index (κ2) is 8.62. The molecule has 0 saturated carbocycles. The Kier molecular flexibility index (Phi) is 6.21. The lowest BCUT2D eigenvalue weighted by Crippen LogP contribution is -2.31. The number of rotatable bonds is 6. The fourth-order valence-corrected chi connectivity index (χ4v) is 3.72. The normalized spacial score (nSPS) is 20.2. The predicted molar refractivity (Wildman–Crippen MR) is 103 cm³/mol. The fraction of sp³-hybridized carbons (Fsp3) is 0.450. The molecule has 2 aromatic rings. The highest BCUT2D eigenvalue weighted by atomic mass is 19.1. The van der Waals surface area contributed by atoms with E-state index in [-0.39, 0.29) is 6.04 Å². The summed E-state index contributed by atoms with van der Waals surface area (Å²) in [5.41, 5.74) is 6.46. The van der Waals surface area contributed by atoms with Gasteiger partial charge >= 0.3 is 0 Å². The van der Waals surface area contributed by atoms with E-state index in [1.807, 2.05) is 37.7 Å². The van der Waals surface area contributed by atoms with Gasteiger partial charge in [0, 0.05) is 44.1 Å². The molecule has 0 radical (unpaired) electrons. The molecule has 1 saturated heterocycles. The number of nitrogens with one attached hydrogen (secondary N) is 1. The summed E-state index contributed by atoms with van der Waals surface area (Å²) in [7, 11) is 1.93. The summed E-state index contributed by atoms with van der Waals surface area (Å²) in [6.07, 6.45) is 4.91. The van der Waals surface area contributed by atoms with Crippen LogP contribution in [0.5, 0.6) is 0 Å². The van der Waals surface area contributed by atoms with Gasteiger partial charge in [-0.1, -0.05) is 6.07 Å². The molecule has 8 heteroatoms. The van der Waals surface area contributed by atoms with Crippen LogP contribution in [0.4, 0.5) is 4.39 Å². The van der Waals surface area contributed by atoms with Crippen molar-refractivity contribution in [2.45, 2.75) is 45.4 Å². The number of carbonyl (C=O) groups is 1. The van der Waals surface area contributed by atoms with Crippen molar-refractivity contribution >= 4 is 12.0 Å². The van der Waals surface area contributed by atoms with Gasteiger partial charge < -0.3 is 0 Å². The highest BCUT2D eigenvalue weighted by Gasteiger charge is 2.33. The highest BCUT2D eigenvalue weighted by molar-refractivity contribution is 5.90. The molecule has 3 rings (SSSR count). The largest absolute Gasteiger partial charge is 0.291 e. The number of nitrogens with zero attached hydrogens (tertiary/aromatic N) is 4. The number of amides is 1. The average Bonchev–Trinajstić information content (AvgIpc) is 3.14. The average molecular weight is 387 g/mol. The summed E-state index contributed by atoms with van der Waals surface area (Å²) in [6, 6.07) is 3.84. The summed E-state index contributed by atoms with van der Waals surface area (Å²) < 4.78 is 16.0. The van der Waals surface area contributed by atoms with Gasteiger partial charge in [-0.3, -0.25) is 24.6 Å². The van der Waals surface area contributed by atoms with E-state index in [0.717, 1.165) is 29.1 Å². The van der Waals surface area contributed by atoms with Gasteiger partial charge in [0.15, 0.2) is 0 Å². The molecule has 3 heterocycles. The third kappa shape index (κ3) is 4.63. The van der Waals surface area contributed by atoms with E-state index in [0.29, 0.717) is 19.5 Å². The van der Waals surface area contributed by atoms with Gasteiger partial charge in [-0.15, -0.1) is 0 Å². The van der Waals surface area contributed by atoms with E-state index in [1.54, 1.807) is 12.3 Å². The number of hydrogen-bond acceptors (Lipinski definition) is 5. The predicted octanol–water partition coefficient (Wildman–Crippen LogP) is 2.11. The lowest BCUT2D eigenvalue weighted by atomic mass is 10.0. The maximum atomic E-state index is 14.2. The second-order valence-electron chi connectivity index (χ2n) is 7.29. The number of pyridine rings is 1. The standard InChI is InChI=1S/C20H26FN5O2/c1-13-19(14(2)25(3)23-13)9-18-8-16(21)11-26(18)12-17-6-4-15(10-22-17)5-7-20(27)24-28/h4-7,10,16,18,28H,8-9,11-12H2,1-3H3,(H,24,27)/b7-5+/t16-,18-/m1/s1. The molecule has 7 nitrogen and oxygen atoms in total. The minimum absolute atomic E-state index is 0.117. The van der Waals surface area contributed by atoms with E-state index in [9.17, 15) is 9.18 Å². The van der Waals surface area contributed by atoms with Gasteiger partial charge in [-0.25, -0.2) is 9.87 Å². The zero-order valence-electron chi connectivity index (χ0n) is 16.4. The van der Waals surface area contributed by atoms with Crippen LogP contribution in [0.3, 0.4) is 0 Å². The summed E-state index contributed by atoms with van der Waals surface area (Å²) in [5, 5.41) is 13.0. The quantitative estimate of drug-likeness (QED) is 0.451. The molecule has 2 atom stereocenters. The van der Waals surface area contributed by atoms with Crippen LogP contribution in [0, 0.1) is 13.8 Å². The Hall–Kier alpha value is -2.58. The molecule has 28 heavy (non-hydrogen) atoms. The first-order valence-electron chi connectivity index (χ1n) is 9.31. The molecule has 1 aliphatic rings. The van der Waals surface area contributed by atoms with Crippen LogP contribution in [-0.2, 0) is 24.8 Å². The van der Waals surface area contributed by atoms with Gasteiger partial charge in [0.05, 0.1) is 11.4 Å². The summed E-state index contributed by atoms with van der Waals surface area (Å²) >= 11 is 0. The lowest BCUT2D eigenvalue weighted by Gasteiger charge is -2.24. The van der Waals surface area contributed by atoms with Gasteiger partial charge in [-0.2, -0.15) is 5.10 Å². The Morgan fingerprint density at radius 3 is 2.82 bits per heavy atom. The van der Waals surface area contributed by atoms with Crippen molar-refractivity contribution in [1.29, 1.82) is 0 Å². The molecular weight excluding hydrogens is 361 g/mol. The number of hydrogen-bond donors (Lipinski definition) is 2. The monoisotopic (exact) mass is 387 g/mol. The van der Waals surface area contributed by atoms with Crippen LogP contribution in [0.2, 0.25) is 0 Å². The topological polar surface area (TPSA) is 83.3 Å². The molecule has 150 valence electrons. The zero-order valence-corrected chi connectivity index (χ0v) is 16.4. The minimum atomic E-state index is -0.832. The van der Waals surface area contributed by atoms with E-state index < -0.39 is 12.1 Å². The molecular formula is C20H26FN5O2. The first-order valence-corrected chi connectivity index (χ1v) is 9.31. The van der Waals surface area contributed by atoms with Crippen molar-refractivity contribution in [1.82, 2.24) is 25.1 Å². The molecule has 0 aromatic carbocycles. The van der Waals surface area contributed by atoms with Crippen molar-refractivity contribution in [3.05, 3.63) is 52.6 Å². The van der Waals surface area contributed by atoms with Crippen molar-refractivity contribution in [3.8, 4) is 0 Å². The van der Waals surface area contributed by atoms with Crippen molar-refractivity contribution < 1.29 is 14.4 Å². The smallest absolute Gasteiger partial charge is 0.267 e. The number of aromatic nitrogens is 3. The number of carbonyl (C=O) groups excluding carboxylic acids is 1. The number of halogens is 1. The highest BCUT2D eigenvalue weighted by Crippen LogP contribution is 2.27. The van der Waals surface area contributed by atoms with E-state index in [1.165, 1.54) is 17.1 Å². The van der Waals surface area contributed by atoms with Gasteiger partial charge in [-0.05, 0) is 50.0 Å². The number of alkyl halides is 1.